The first-order valence-corrected chi connectivity index (χ1v) is 15.0. The Morgan fingerprint density at radius 1 is 1.08 bits per heavy atom. The Balaban J connectivity index is 1.78. The molecular formula is C28H39N3O7S. The average Bonchev–Trinajstić information content (AvgIpc) is 2.89. The summed E-state index contributed by atoms with van der Waals surface area (Å²) in [5.74, 6) is 1.24. The van der Waals surface area contributed by atoms with Crippen LogP contribution in [0.15, 0.2) is 42.5 Å². The summed E-state index contributed by atoms with van der Waals surface area (Å²) in [5.41, 5.74) is 1.26. The van der Waals surface area contributed by atoms with Crippen molar-refractivity contribution >= 4 is 27.5 Å². The molecule has 3 rings (SSSR count). The molecule has 2 aromatic rings. The summed E-state index contributed by atoms with van der Waals surface area (Å²) >= 11 is 0. The molecule has 10 nitrogen and oxygen atoms in total. The van der Waals surface area contributed by atoms with Crippen molar-refractivity contribution in [1.82, 2.24) is 10.2 Å². The summed E-state index contributed by atoms with van der Waals surface area (Å²) in [6.07, 6.45) is 1.88. The summed E-state index contributed by atoms with van der Waals surface area (Å²) < 4.78 is 43.0. The molecule has 0 saturated carbocycles. The normalized spacial score (nSPS) is 13.5. The highest BCUT2D eigenvalue weighted by atomic mass is 32.2. The quantitative estimate of drug-likeness (QED) is 0.399. The molecule has 2 aromatic carbocycles. The minimum absolute atomic E-state index is 0.0615. The molecule has 1 atom stereocenters. The van der Waals surface area contributed by atoms with Crippen molar-refractivity contribution in [2.24, 2.45) is 0 Å². The SMILES string of the molecule is CC[C@@H](C(=O)NC(C)C)N(Cc1cccc(OC)c1)C(=O)CCCN(c1ccc2c(c1)OCCO2)S(C)(=O)=O. The van der Waals surface area contributed by atoms with E-state index in [1.165, 1.54) is 4.31 Å². The third kappa shape index (κ3) is 8.26. The summed E-state index contributed by atoms with van der Waals surface area (Å²) in [7, 11) is -2.06. The number of carbonyl (C=O) groups excluding carboxylic acids is 2. The van der Waals surface area contributed by atoms with Crippen molar-refractivity contribution in [2.45, 2.75) is 58.7 Å². The number of sulfonamides is 1. The van der Waals surface area contributed by atoms with E-state index in [1.807, 2.05) is 45.0 Å². The van der Waals surface area contributed by atoms with Crippen LogP contribution in [0, 0.1) is 0 Å². The Bertz CT molecular complexity index is 1250. The Morgan fingerprint density at radius 2 is 1.79 bits per heavy atom. The largest absolute Gasteiger partial charge is 0.497 e. The Labute approximate surface area is 231 Å². The molecule has 0 spiro atoms. The number of methoxy groups -OCH3 is 1. The van der Waals surface area contributed by atoms with E-state index in [4.69, 9.17) is 14.2 Å². The maximum Gasteiger partial charge on any atom is 0.243 e. The van der Waals surface area contributed by atoms with Gasteiger partial charge in [0.05, 0.1) is 19.1 Å². The highest BCUT2D eigenvalue weighted by molar-refractivity contribution is 7.92. The number of benzene rings is 2. The number of carbonyl (C=O) groups is 2. The number of rotatable bonds is 13. The Hall–Kier alpha value is -3.47. The van der Waals surface area contributed by atoms with Crippen molar-refractivity contribution in [2.75, 3.05) is 37.4 Å². The minimum atomic E-state index is -3.63. The molecule has 0 fully saturated rings. The number of hydrogen-bond acceptors (Lipinski definition) is 7. The lowest BCUT2D eigenvalue weighted by Gasteiger charge is -2.31. The summed E-state index contributed by atoms with van der Waals surface area (Å²) in [6.45, 7) is 6.74. The molecule has 0 aromatic heterocycles. The molecule has 0 radical (unpaired) electrons. The first-order valence-electron chi connectivity index (χ1n) is 13.1. The third-order valence-electron chi connectivity index (χ3n) is 6.27. The number of nitrogens with one attached hydrogen (secondary N) is 1. The van der Waals surface area contributed by atoms with Gasteiger partial charge >= 0.3 is 0 Å². The van der Waals surface area contributed by atoms with Crippen molar-refractivity contribution < 1.29 is 32.2 Å². The summed E-state index contributed by atoms with van der Waals surface area (Å²) in [4.78, 5) is 28.2. The summed E-state index contributed by atoms with van der Waals surface area (Å²) in [6, 6.07) is 11.6. The Kier molecular flexibility index (Phi) is 10.4. The van der Waals surface area contributed by atoms with Crippen LogP contribution in [0.1, 0.15) is 45.6 Å². The van der Waals surface area contributed by atoms with Gasteiger partial charge < -0.3 is 24.4 Å². The number of ether oxygens (including phenoxy) is 3. The molecule has 1 N–H and O–H groups in total. The molecular weight excluding hydrogens is 522 g/mol. The number of anilines is 1. The van der Waals surface area contributed by atoms with Crippen LogP contribution in [0.5, 0.6) is 17.2 Å². The molecule has 0 aliphatic carbocycles. The van der Waals surface area contributed by atoms with Crippen molar-refractivity contribution in [3.05, 3.63) is 48.0 Å². The van der Waals surface area contributed by atoms with E-state index in [1.54, 1.807) is 30.2 Å². The molecule has 214 valence electrons. The van der Waals surface area contributed by atoms with Crippen LogP contribution in [0.25, 0.3) is 0 Å². The van der Waals surface area contributed by atoms with Gasteiger partial charge in [0.15, 0.2) is 11.5 Å². The van der Waals surface area contributed by atoms with Crippen molar-refractivity contribution in [3.8, 4) is 17.2 Å². The van der Waals surface area contributed by atoms with Crippen LogP contribution in [0.2, 0.25) is 0 Å². The fraction of sp³-hybridized carbons (Fsp3) is 0.500. The zero-order valence-corrected chi connectivity index (χ0v) is 24.1. The fourth-order valence-electron chi connectivity index (χ4n) is 4.46. The predicted molar refractivity (Wildman–Crippen MR) is 150 cm³/mol. The number of fused-ring (bicyclic) bond motifs is 1. The third-order valence-corrected chi connectivity index (χ3v) is 7.46. The smallest absolute Gasteiger partial charge is 0.243 e. The predicted octanol–water partition coefficient (Wildman–Crippen LogP) is 3.34. The van der Waals surface area contributed by atoms with Gasteiger partial charge in [-0.2, -0.15) is 0 Å². The van der Waals surface area contributed by atoms with Crippen LogP contribution < -0.4 is 23.8 Å². The van der Waals surface area contributed by atoms with E-state index >= 15 is 0 Å². The lowest BCUT2D eigenvalue weighted by molar-refractivity contribution is -0.141. The molecule has 0 unspecified atom stereocenters. The van der Waals surface area contributed by atoms with Gasteiger partial charge in [0.25, 0.3) is 0 Å². The average molecular weight is 562 g/mol. The summed E-state index contributed by atoms with van der Waals surface area (Å²) in [5, 5.41) is 2.91. The van der Waals surface area contributed by atoms with E-state index in [2.05, 4.69) is 5.32 Å². The molecule has 1 heterocycles. The zero-order valence-electron chi connectivity index (χ0n) is 23.3. The Morgan fingerprint density at radius 3 is 2.44 bits per heavy atom. The van der Waals surface area contributed by atoms with E-state index in [0.717, 1.165) is 11.8 Å². The van der Waals surface area contributed by atoms with Gasteiger partial charge in [0.1, 0.15) is 25.0 Å². The van der Waals surface area contributed by atoms with Crippen LogP contribution >= 0.6 is 0 Å². The molecule has 0 bridgehead atoms. The number of hydrogen-bond donors (Lipinski definition) is 1. The molecule has 1 aliphatic rings. The lowest BCUT2D eigenvalue weighted by Crippen LogP contribution is -2.50. The standard InChI is InChI=1S/C28H39N3O7S/c1-6-24(28(33)29-20(2)3)30(19-21-9-7-10-23(17-21)36-4)27(32)11-8-14-31(39(5,34)35)22-12-13-25-26(18-22)38-16-15-37-25/h7,9-10,12-13,17-18,20,24H,6,8,11,14-16,19H2,1-5H3,(H,29,33)/t24-/m0/s1. The zero-order chi connectivity index (χ0) is 28.6. The molecule has 1 aliphatic heterocycles. The lowest BCUT2D eigenvalue weighted by atomic mass is 10.1. The minimum Gasteiger partial charge on any atom is -0.497 e. The van der Waals surface area contributed by atoms with E-state index in [9.17, 15) is 18.0 Å². The second kappa shape index (κ2) is 13.5. The molecule has 0 saturated heterocycles. The van der Waals surface area contributed by atoms with Crippen LogP contribution in [0.3, 0.4) is 0 Å². The first-order chi connectivity index (χ1) is 18.5. The van der Waals surface area contributed by atoms with E-state index in [-0.39, 0.29) is 43.8 Å². The van der Waals surface area contributed by atoms with Crippen LogP contribution in [0.4, 0.5) is 5.69 Å². The molecule has 2 amide bonds. The van der Waals surface area contributed by atoms with Gasteiger partial charge in [-0.1, -0.05) is 19.1 Å². The van der Waals surface area contributed by atoms with Crippen molar-refractivity contribution in [3.63, 3.8) is 0 Å². The first kappa shape index (κ1) is 30.1. The second-order valence-electron chi connectivity index (χ2n) is 9.73. The van der Waals surface area contributed by atoms with Crippen LogP contribution in [-0.2, 0) is 26.2 Å². The highest BCUT2D eigenvalue weighted by Gasteiger charge is 2.29. The maximum absolute atomic E-state index is 13.6. The highest BCUT2D eigenvalue weighted by Crippen LogP contribution is 2.34. The van der Waals surface area contributed by atoms with E-state index < -0.39 is 16.1 Å². The topological polar surface area (TPSA) is 114 Å². The van der Waals surface area contributed by atoms with Crippen molar-refractivity contribution in [1.29, 1.82) is 0 Å². The molecule has 11 heteroatoms. The number of amides is 2. The maximum atomic E-state index is 13.6. The van der Waals surface area contributed by atoms with Gasteiger partial charge in [-0.15, -0.1) is 0 Å². The fourth-order valence-corrected chi connectivity index (χ4v) is 5.42. The van der Waals surface area contributed by atoms with Gasteiger partial charge in [-0.3, -0.25) is 13.9 Å². The monoisotopic (exact) mass is 561 g/mol. The van der Waals surface area contributed by atoms with Gasteiger partial charge in [-0.25, -0.2) is 8.42 Å². The van der Waals surface area contributed by atoms with E-state index in [0.29, 0.717) is 42.6 Å². The van der Waals surface area contributed by atoms with Gasteiger partial charge in [0, 0.05) is 31.6 Å². The molecule has 39 heavy (non-hydrogen) atoms. The number of nitrogens with zero attached hydrogens (tertiary/aromatic N) is 2. The van der Waals surface area contributed by atoms with Crippen LogP contribution in [-0.4, -0.2) is 70.3 Å². The second-order valence-corrected chi connectivity index (χ2v) is 11.6. The van der Waals surface area contributed by atoms with Gasteiger partial charge in [-0.05, 0) is 56.5 Å². The van der Waals surface area contributed by atoms with Gasteiger partial charge in [0.2, 0.25) is 21.8 Å².